The molecule has 0 N–H and O–H groups in total. The third-order valence-electron chi connectivity index (χ3n) is 4.39. The quantitative estimate of drug-likeness (QED) is 0.232. The number of hydrogen-bond acceptors (Lipinski definition) is 9. The van der Waals surface area contributed by atoms with Crippen molar-refractivity contribution in [3.05, 3.63) is 0 Å². The third-order valence-corrected chi connectivity index (χ3v) is 16.7. The Bertz CT molecular complexity index is 535. The Labute approximate surface area is 222 Å². The van der Waals surface area contributed by atoms with Crippen molar-refractivity contribution in [1.82, 2.24) is 19.6 Å². The smallest absolute Gasteiger partial charge is 0.416 e. The van der Waals surface area contributed by atoms with Crippen molar-refractivity contribution in [2.45, 2.75) is 64.6 Å². The van der Waals surface area contributed by atoms with Gasteiger partial charge in [0, 0.05) is 39.3 Å². The lowest BCUT2D eigenvalue weighted by atomic mass is 10.3. The maximum Gasteiger partial charge on any atom is 0.480 e. The number of nitrogens with zero attached hydrogens (tertiary/aromatic N) is 4. The lowest BCUT2D eigenvalue weighted by Crippen LogP contribution is -2.64. The fourth-order valence-electron chi connectivity index (χ4n) is 4.09. The monoisotopic (exact) mass is 570 g/mol. The maximum atomic E-state index is 6.95. The van der Waals surface area contributed by atoms with Crippen molar-refractivity contribution < 1.29 is 21.2 Å². The van der Waals surface area contributed by atoms with Gasteiger partial charge >= 0.3 is 17.6 Å². The molecule has 0 heterocycles. The molecule has 0 saturated carbocycles. The van der Waals surface area contributed by atoms with Crippen LogP contribution in [-0.4, -0.2) is 149 Å². The van der Waals surface area contributed by atoms with Crippen molar-refractivity contribution in [3.8, 4) is 0 Å². The first kappa shape index (κ1) is 35.5. The van der Waals surface area contributed by atoms with Gasteiger partial charge in [-0.3, -0.25) is 0 Å². The summed E-state index contributed by atoms with van der Waals surface area (Å²) in [5.74, 6) is 0. The molecular weight excluding hydrogens is 513 g/mol. The van der Waals surface area contributed by atoms with Crippen molar-refractivity contribution in [1.29, 1.82) is 0 Å². The van der Waals surface area contributed by atoms with E-state index < -0.39 is 34.2 Å². The van der Waals surface area contributed by atoms with E-state index >= 15 is 0 Å². The molecule has 35 heavy (non-hydrogen) atoms. The first-order valence-electron chi connectivity index (χ1n) is 12.6. The molecule has 13 heteroatoms. The van der Waals surface area contributed by atoms with Crippen molar-refractivity contribution >= 4 is 34.2 Å². The summed E-state index contributed by atoms with van der Waals surface area (Å²) in [5.41, 5.74) is 0. The molecule has 0 saturated heterocycles. The maximum absolute atomic E-state index is 6.95. The minimum absolute atomic E-state index is 0.0579. The first-order valence-corrected chi connectivity index (χ1v) is 23.8. The Kier molecular flexibility index (Phi) is 14.8. The van der Waals surface area contributed by atoms with E-state index in [9.17, 15) is 0 Å². The average molecular weight is 571 g/mol. The molecule has 0 aliphatic heterocycles. The lowest BCUT2D eigenvalue weighted by Gasteiger charge is -2.43. The highest BCUT2D eigenvalue weighted by atomic mass is 28.5. The Morgan fingerprint density at radius 3 is 0.829 bits per heavy atom. The Morgan fingerprint density at radius 2 is 0.657 bits per heavy atom. The molecule has 0 aliphatic carbocycles. The van der Waals surface area contributed by atoms with Gasteiger partial charge in [-0.2, -0.15) is 0 Å². The second-order valence-corrected chi connectivity index (χ2v) is 27.6. The Hall–Kier alpha value is 0.508. The second kappa shape index (κ2) is 14.6. The molecule has 0 aliphatic rings. The summed E-state index contributed by atoms with van der Waals surface area (Å²) in [7, 11) is 6.22. The van der Waals surface area contributed by atoms with Crippen LogP contribution in [0.5, 0.6) is 0 Å². The van der Waals surface area contributed by atoms with Gasteiger partial charge in [-0.15, -0.1) is 0 Å². The van der Waals surface area contributed by atoms with Crippen molar-refractivity contribution in [2.24, 2.45) is 0 Å². The summed E-state index contributed by atoms with van der Waals surface area (Å²) in [6.07, 6.45) is -0.116. The summed E-state index contributed by atoms with van der Waals surface area (Å²) in [4.78, 5) is 8.58. The van der Waals surface area contributed by atoms with Crippen LogP contribution in [0.25, 0.3) is 0 Å². The van der Waals surface area contributed by atoms with Gasteiger partial charge in [0.2, 0.25) is 0 Å². The molecule has 0 aromatic heterocycles. The highest BCUT2D eigenvalue weighted by Crippen LogP contribution is 2.28. The van der Waals surface area contributed by atoms with E-state index in [1.54, 1.807) is 0 Å². The molecule has 2 atom stereocenters. The summed E-state index contributed by atoms with van der Waals surface area (Å²) in [6.45, 7) is 20.2. The van der Waals surface area contributed by atoms with Crippen LogP contribution in [0.4, 0.5) is 0 Å². The van der Waals surface area contributed by atoms with Crippen LogP contribution in [0.3, 0.4) is 0 Å². The van der Waals surface area contributed by atoms with E-state index in [0.29, 0.717) is 0 Å². The van der Waals surface area contributed by atoms with Crippen LogP contribution in [-0.2, 0) is 21.2 Å². The average Bonchev–Trinajstić information content (AvgIpc) is 2.46. The Balaban J connectivity index is 6.27. The van der Waals surface area contributed by atoms with Crippen LogP contribution in [0, 0.1) is 0 Å². The lowest BCUT2D eigenvalue weighted by molar-refractivity contribution is 0.0259. The summed E-state index contributed by atoms with van der Waals surface area (Å²) in [6, 6.07) is 0. The summed E-state index contributed by atoms with van der Waals surface area (Å²) >= 11 is 0. The van der Waals surface area contributed by atoms with Gasteiger partial charge < -0.3 is 40.8 Å². The molecule has 0 spiro atoms. The van der Waals surface area contributed by atoms with E-state index in [1.165, 1.54) is 0 Å². The minimum Gasteiger partial charge on any atom is -0.416 e. The van der Waals surface area contributed by atoms with Crippen molar-refractivity contribution in [3.63, 3.8) is 0 Å². The third kappa shape index (κ3) is 18.4. The van der Waals surface area contributed by atoms with Crippen LogP contribution in [0.15, 0.2) is 0 Å². The zero-order valence-electron chi connectivity index (χ0n) is 25.8. The van der Waals surface area contributed by atoms with E-state index in [0.717, 1.165) is 26.2 Å². The van der Waals surface area contributed by atoms with E-state index in [1.807, 2.05) is 13.1 Å². The van der Waals surface area contributed by atoms with Crippen LogP contribution < -0.4 is 0 Å². The Morgan fingerprint density at radius 1 is 0.429 bits per heavy atom. The second-order valence-electron chi connectivity index (χ2n) is 12.8. The topological polar surface area (TPSA) is 59.1 Å². The van der Waals surface area contributed by atoms with Gasteiger partial charge in [0.1, 0.15) is 0 Å². The standard InChI is InChI=1S/C22H58N4O5Si4/c1-23(2)17-21(18-24(3)4)27-34(15,29-32(9,10)11)31-35(16,30-33(12,13)14)28-22(19-25(5)6)20-26(7)8/h21-22H,17-20H2,1-16H3. The fraction of sp³-hybridized carbons (Fsp3) is 1.00. The van der Waals surface area contributed by atoms with E-state index in [2.05, 4.69) is 115 Å². The number of likely N-dealkylation sites (N-methyl/N-ethyl adjacent to an activating group) is 4. The minimum atomic E-state index is -3.15. The van der Waals surface area contributed by atoms with Crippen LogP contribution in [0.2, 0.25) is 52.4 Å². The van der Waals surface area contributed by atoms with Crippen LogP contribution >= 0.6 is 0 Å². The molecular formula is C22H58N4O5Si4. The first-order chi connectivity index (χ1) is 15.5. The molecule has 2 unspecified atom stereocenters. The molecule has 0 fully saturated rings. The zero-order valence-corrected chi connectivity index (χ0v) is 29.8. The van der Waals surface area contributed by atoms with Gasteiger partial charge in [0.05, 0.1) is 12.2 Å². The van der Waals surface area contributed by atoms with Gasteiger partial charge in [0.25, 0.3) is 0 Å². The number of rotatable bonds is 18. The molecule has 0 rings (SSSR count). The van der Waals surface area contributed by atoms with Crippen LogP contribution in [0.1, 0.15) is 0 Å². The molecule has 212 valence electrons. The molecule has 9 nitrogen and oxygen atoms in total. The summed E-state index contributed by atoms with van der Waals surface area (Å²) in [5, 5.41) is 0. The molecule has 0 aromatic rings. The highest BCUT2D eigenvalue weighted by Gasteiger charge is 2.53. The van der Waals surface area contributed by atoms with E-state index in [-0.39, 0.29) is 12.2 Å². The van der Waals surface area contributed by atoms with Gasteiger partial charge in [0.15, 0.2) is 16.6 Å². The molecule has 0 bridgehead atoms. The number of hydrogen-bond donors (Lipinski definition) is 0. The highest BCUT2D eigenvalue weighted by molar-refractivity contribution is 6.86. The van der Waals surface area contributed by atoms with Gasteiger partial charge in [-0.25, -0.2) is 0 Å². The van der Waals surface area contributed by atoms with Crippen molar-refractivity contribution in [2.75, 3.05) is 82.6 Å². The predicted octanol–water partition coefficient (Wildman–Crippen LogP) is 2.86. The molecule has 0 radical (unpaired) electrons. The SMILES string of the molecule is CN(C)CC(CN(C)C)O[Si](C)(O[Si](C)(C)C)O[Si](C)(OC(CN(C)C)CN(C)C)O[Si](C)(C)C. The van der Waals surface area contributed by atoms with Gasteiger partial charge in [-0.1, -0.05) is 0 Å². The van der Waals surface area contributed by atoms with Gasteiger partial charge in [-0.05, 0) is 95.7 Å². The molecule has 0 amide bonds. The normalized spacial score (nSPS) is 17.3. The fourth-order valence-corrected chi connectivity index (χ4v) is 19.0. The molecule has 0 aromatic carbocycles. The van der Waals surface area contributed by atoms with E-state index in [4.69, 9.17) is 21.2 Å². The zero-order chi connectivity index (χ0) is 27.8. The predicted molar refractivity (Wildman–Crippen MR) is 157 cm³/mol. The largest absolute Gasteiger partial charge is 0.480 e. The summed E-state index contributed by atoms with van der Waals surface area (Å²) < 4.78 is 34.0.